The average Bonchev–Trinajstić information content (AvgIpc) is 2.96. The number of nitrogens with zero attached hydrogens (tertiary/aromatic N) is 1. The Morgan fingerprint density at radius 3 is 2.78 bits per heavy atom. The summed E-state index contributed by atoms with van der Waals surface area (Å²) in [6, 6.07) is 13.0. The van der Waals surface area contributed by atoms with Crippen LogP contribution in [0.25, 0.3) is 10.2 Å². The van der Waals surface area contributed by atoms with Crippen LogP contribution in [0, 0.1) is 0 Å². The van der Waals surface area contributed by atoms with Crippen LogP contribution in [0.1, 0.15) is 0 Å². The van der Waals surface area contributed by atoms with Crippen molar-refractivity contribution in [3.8, 4) is 11.5 Å². The quantitative estimate of drug-likeness (QED) is 0.710. The van der Waals surface area contributed by atoms with Gasteiger partial charge in [0.05, 0.1) is 16.3 Å². The summed E-state index contributed by atoms with van der Waals surface area (Å²) in [4.78, 5) is 16.4. The number of carbonyl (C=O) groups is 1. The van der Waals surface area contributed by atoms with Gasteiger partial charge in [-0.25, -0.2) is 4.98 Å². The van der Waals surface area contributed by atoms with Gasteiger partial charge in [0.15, 0.2) is 11.7 Å². The van der Waals surface area contributed by atoms with E-state index < -0.39 is 0 Å². The monoisotopic (exact) mass is 392 g/mol. The Morgan fingerprint density at radius 1 is 1.22 bits per heavy atom. The third kappa shape index (κ3) is 3.62. The second kappa shape index (κ2) is 6.97. The lowest BCUT2D eigenvalue weighted by molar-refractivity contribution is -0.118. The van der Waals surface area contributed by atoms with E-state index in [0.29, 0.717) is 16.6 Å². The van der Waals surface area contributed by atoms with Crippen molar-refractivity contribution in [3.05, 3.63) is 46.9 Å². The topological polar surface area (TPSA) is 60.5 Å². The number of rotatable bonds is 5. The standard InChI is InChI=1S/C16H13BrN2O3S/c1-21-12-7-4-8-13-15(12)19-16(23-13)18-14(20)9-22-11-6-3-2-5-10(11)17/h2-8H,9H2,1H3,(H,18,19,20). The molecule has 0 saturated heterocycles. The van der Waals surface area contributed by atoms with Gasteiger partial charge < -0.3 is 9.47 Å². The minimum Gasteiger partial charge on any atom is -0.494 e. The zero-order valence-electron chi connectivity index (χ0n) is 12.2. The molecule has 1 aromatic heterocycles. The van der Waals surface area contributed by atoms with Gasteiger partial charge >= 0.3 is 0 Å². The SMILES string of the molecule is COc1cccc2sc(NC(=O)COc3ccccc3Br)nc12. The number of ether oxygens (including phenoxy) is 2. The van der Waals surface area contributed by atoms with E-state index in [2.05, 4.69) is 26.2 Å². The number of methoxy groups -OCH3 is 1. The third-order valence-electron chi connectivity index (χ3n) is 3.04. The first-order valence-electron chi connectivity index (χ1n) is 6.78. The zero-order chi connectivity index (χ0) is 16.2. The first-order valence-corrected chi connectivity index (χ1v) is 8.39. The number of amides is 1. The zero-order valence-corrected chi connectivity index (χ0v) is 14.6. The van der Waals surface area contributed by atoms with Crippen LogP contribution >= 0.6 is 27.3 Å². The molecule has 0 aliphatic carbocycles. The Kier molecular flexibility index (Phi) is 4.78. The molecule has 23 heavy (non-hydrogen) atoms. The van der Waals surface area contributed by atoms with Gasteiger partial charge in [0, 0.05) is 0 Å². The summed E-state index contributed by atoms with van der Waals surface area (Å²) in [6.45, 7) is -0.0876. The molecule has 0 aliphatic heterocycles. The largest absolute Gasteiger partial charge is 0.494 e. The van der Waals surface area contributed by atoms with E-state index in [9.17, 15) is 4.79 Å². The summed E-state index contributed by atoms with van der Waals surface area (Å²) in [5.41, 5.74) is 0.738. The first kappa shape index (κ1) is 15.8. The van der Waals surface area contributed by atoms with E-state index in [-0.39, 0.29) is 12.5 Å². The first-order chi connectivity index (χ1) is 11.2. The van der Waals surface area contributed by atoms with Crippen LogP contribution in [0.4, 0.5) is 5.13 Å². The van der Waals surface area contributed by atoms with Gasteiger partial charge in [-0.3, -0.25) is 10.1 Å². The molecular weight excluding hydrogens is 380 g/mol. The Bertz CT molecular complexity index is 850. The molecule has 0 saturated carbocycles. The normalized spacial score (nSPS) is 10.5. The van der Waals surface area contributed by atoms with E-state index in [1.807, 2.05) is 36.4 Å². The molecule has 0 spiro atoms. The molecule has 1 heterocycles. The molecular formula is C16H13BrN2O3S. The Balaban J connectivity index is 1.67. The molecule has 0 aliphatic rings. The molecule has 3 aromatic rings. The smallest absolute Gasteiger partial charge is 0.264 e. The van der Waals surface area contributed by atoms with E-state index in [1.165, 1.54) is 11.3 Å². The van der Waals surface area contributed by atoms with E-state index in [4.69, 9.17) is 9.47 Å². The predicted octanol–water partition coefficient (Wildman–Crippen LogP) is 4.08. The Hall–Kier alpha value is -2.12. The van der Waals surface area contributed by atoms with E-state index >= 15 is 0 Å². The molecule has 0 atom stereocenters. The number of anilines is 1. The molecule has 118 valence electrons. The lowest BCUT2D eigenvalue weighted by Crippen LogP contribution is -2.20. The number of aromatic nitrogens is 1. The number of hydrogen-bond donors (Lipinski definition) is 1. The molecule has 1 N–H and O–H groups in total. The highest BCUT2D eigenvalue weighted by Gasteiger charge is 2.11. The van der Waals surface area contributed by atoms with Crippen LogP contribution in [-0.4, -0.2) is 24.6 Å². The highest BCUT2D eigenvalue weighted by Crippen LogP contribution is 2.32. The van der Waals surface area contributed by atoms with Crippen molar-refractivity contribution in [3.63, 3.8) is 0 Å². The van der Waals surface area contributed by atoms with Crippen molar-refractivity contribution in [2.45, 2.75) is 0 Å². The number of para-hydroxylation sites is 2. The molecule has 2 aromatic carbocycles. The van der Waals surface area contributed by atoms with Gasteiger partial charge in [0.25, 0.3) is 5.91 Å². The van der Waals surface area contributed by atoms with Crippen molar-refractivity contribution in [2.24, 2.45) is 0 Å². The molecule has 3 rings (SSSR count). The number of carbonyl (C=O) groups excluding carboxylic acids is 1. The van der Waals surface area contributed by atoms with Crippen LogP contribution in [0.2, 0.25) is 0 Å². The summed E-state index contributed by atoms with van der Waals surface area (Å²) >= 11 is 4.76. The maximum atomic E-state index is 12.0. The molecule has 5 nitrogen and oxygen atoms in total. The molecule has 0 bridgehead atoms. The van der Waals surface area contributed by atoms with Gasteiger partial charge in [0.2, 0.25) is 0 Å². The summed E-state index contributed by atoms with van der Waals surface area (Å²) < 4.78 is 12.5. The molecule has 0 unspecified atom stereocenters. The number of thiazole rings is 1. The van der Waals surface area contributed by atoms with Gasteiger partial charge in [-0.15, -0.1) is 0 Å². The summed E-state index contributed by atoms with van der Waals surface area (Å²) in [6.07, 6.45) is 0. The molecule has 1 amide bonds. The van der Waals surface area contributed by atoms with Gasteiger partial charge in [0.1, 0.15) is 17.0 Å². The van der Waals surface area contributed by atoms with Crippen LogP contribution < -0.4 is 14.8 Å². The number of halogens is 1. The van der Waals surface area contributed by atoms with Crippen LogP contribution in [0.15, 0.2) is 46.9 Å². The van der Waals surface area contributed by atoms with Gasteiger partial charge in [-0.2, -0.15) is 0 Å². The lowest BCUT2D eigenvalue weighted by Gasteiger charge is -2.07. The minimum atomic E-state index is -0.265. The van der Waals surface area contributed by atoms with Crippen molar-refractivity contribution >= 4 is 48.5 Å². The van der Waals surface area contributed by atoms with Gasteiger partial charge in [-0.1, -0.05) is 29.5 Å². The predicted molar refractivity (Wildman–Crippen MR) is 94.4 cm³/mol. The number of hydrogen-bond acceptors (Lipinski definition) is 5. The maximum absolute atomic E-state index is 12.0. The van der Waals surface area contributed by atoms with Crippen molar-refractivity contribution in [1.29, 1.82) is 0 Å². The number of nitrogens with one attached hydrogen (secondary N) is 1. The Labute approximate surface area is 145 Å². The molecule has 0 fully saturated rings. The van der Waals surface area contributed by atoms with E-state index in [1.54, 1.807) is 13.2 Å². The lowest BCUT2D eigenvalue weighted by atomic mass is 10.3. The fraction of sp³-hybridized carbons (Fsp3) is 0.125. The summed E-state index contributed by atoms with van der Waals surface area (Å²) in [5, 5.41) is 3.26. The highest BCUT2D eigenvalue weighted by molar-refractivity contribution is 9.10. The fourth-order valence-corrected chi connectivity index (χ4v) is 3.30. The molecule has 7 heteroatoms. The van der Waals surface area contributed by atoms with Crippen LogP contribution in [0.5, 0.6) is 11.5 Å². The second-order valence-electron chi connectivity index (χ2n) is 4.59. The van der Waals surface area contributed by atoms with Crippen molar-refractivity contribution < 1.29 is 14.3 Å². The Morgan fingerprint density at radius 2 is 2.00 bits per heavy atom. The summed E-state index contributed by atoms with van der Waals surface area (Å²) in [7, 11) is 1.60. The second-order valence-corrected chi connectivity index (χ2v) is 6.48. The van der Waals surface area contributed by atoms with Crippen molar-refractivity contribution in [2.75, 3.05) is 19.0 Å². The fourth-order valence-electron chi connectivity index (χ4n) is 2.00. The molecule has 0 radical (unpaired) electrons. The summed E-state index contributed by atoms with van der Waals surface area (Å²) in [5.74, 6) is 1.04. The third-order valence-corrected chi connectivity index (χ3v) is 4.63. The number of benzene rings is 2. The van der Waals surface area contributed by atoms with Crippen molar-refractivity contribution in [1.82, 2.24) is 4.98 Å². The maximum Gasteiger partial charge on any atom is 0.264 e. The van der Waals surface area contributed by atoms with E-state index in [0.717, 1.165) is 14.7 Å². The average molecular weight is 393 g/mol. The van der Waals surface area contributed by atoms with Gasteiger partial charge in [-0.05, 0) is 40.2 Å². The highest BCUT2D eigenvalue weighted by atomic mass is 79.9. The van der Waals surface area contributed by atoms with Crippen LogP contribution in [-0.2, 0) is 4.79 Å². The van der Waals surface area contributed by atoms with Crippen LogP contribution in [0.3, 0.4) is 0 Å². The minimum absolute atomic E-state index is 0.0876. The number of fused-ring (bicyclic) bond motifs is 1.